The SMILES string of the molecule is c1ccc(-c2cccc(-c3cc(-c4cccc(-c5ccccc5)c4)nc(-c4cccc(-c5nc6ccc(-c7ccccc7)cc6c6c5ccc5ccccc56)c4)n3)c2)cc1. The van der Waals surface area contributed by atoms with Crippen LogP contribution in [-0.4, -0.2) is 15.0 Å². The molecule has 280 valence electrons. The molecule has 0 fully saturated rings. The summed E-state index contributed by atoms with van der Waals surface area (Å²) in [5, 5.41) is 5.86. The molecule has 11 rings (SSSR count). The van der Waals surface area contributed by atoms with Crippen molar-refractivity contribution in [1.82, 2.24) is 15.0 Å². The fourth-order valence-corrected chi connectivity index (χ4v) is 8.46. The normalized spacial score (nSPS) is 11.3. The van der Waals surface area contributed by atoms with Crippen LogP contribution in [0.15, 0.2) is 224 Å². The van der Waals surface area contributed by atoms with Crippen molar-refractivity contribution < 1.29 is 0 Å². The first-order chi connectivity index (χ1) is 29.7. The van der Waals surface area contributed by atoms with Crippen LogP contribution in [-0.2, 0) is 0 Å². The van der Waals surface area contributed by atoms with Crippen molar-refractivity contribution in [2.75, 3.05) is 0 Å². The molecule has 0 bridgehead atoms. The molecule has 9 aromatic carbocycles. The quantitative estimate of drug-likeness (QED) is 0.152. The summed E-state index contributed by atoms with van der Waals surface area (Å²) < 4.78 is 0. The zero-order valence-electron chi connectivity index (χ0n) is 32.7. The Morgan fingerprint density at radius 1 is 0.250 bits per heavy atom. The van der Waals surface area contributed by atoms with Gasteiger partial charge in [0, 0.05) is 38.4 Å². The van der Waals surface area contributed by atoms with Gasteiger partial charge < -0.3 is 0 Å². The number of benzene rings is 9. The van der Waals surface area contributed by atoms with Gasteiger partial charge in [-0.1, -0.05) is 188 Å². The monoisotopic (exact) mass is 763 g/mol. The second-order valence-corrected chi connectivity index (χ2v) is 15.2. The highest BCUT2D eigenvalue weighted by molar-refractivity contribution is 6.22. The van der Waals surface area contributed by atoms with E-state index in [1.807, 2.05) is 12.1 Å². The number of nitrogens with zero attached hydrogens (tertiary/aromatic N) is 3. The summed E-state index contributed by atoms with van der Waals surface area (Å²) in [4.78, 5) is 16.0. The number of hydrogen-bond acceptors (Lipinski definition) is 3. The van der Waals surface area contributed by atoms with Gasteiger partial charge in [0.25, 0.3) is 0 Å². The lowest BCUT2D eigenvalue weighted by atomic mass is 9.93. The first kappa shape index (κ1) is 35.2. The summed E-state index contributed by atoms with van der Waals surface area (Å²) in [7, 11) is 0. The molecule has 0 atom stereocenters. The highest BCUT2D eigenvalue weighted by Crippen LogP contribution is 2.40. The van der Waals surface area contributed by atoms with E-state index in [1.54, 1.807) is 0 Å². The molecule has 0 saturated carbocycles. The van der Waals surface area contributed by atoms with E-state index in [2.05, 4.69) is 212 Å². The van der Waals surface area contributed by atoms with Crippen molar-refractivity contribution in [1.29, 1.82) is 0 Å². The number of rotatable bonds is 7. The maximum Gasteiger partial charge on any atom is 0.160 e. The lowest BCUT2D eigenvalue weighted by Crippen LogP contribution is -1.97. The van der Waals surface area contributed by atoms with E-state index in [0.717, 1.165) is 77.9 Å². The second-order valence-electron chi connectivity index (χ2n) is 15.2. The standard InChI is InChI=1S/C57H37N3/c1-4-15-38(16-5-1)42-22-12-24-45(33-42)53-37-54(46-25-13-23-43(34-46)39-17-6-2-7-18-39)60-57(59-53)48-27-14-26-47(35-48)56-50-31-29-41-21-10-11-28-49(41)55(50)51-36-44(30-32-52(51)58-56)40-19-8-3-9-20-40/h1-37H. The molecular formula is C57H37N3. The lowest BCUT2D eigenvalue weighted by molar-refractivity contribution is 1.18. The highest BCUT2D eigenvalue weighted by atomic mass is 14.9. The van der Waals surface area contributed by atoms with Crippen LogP contribution in [0, 0.1) is 0 Å². The molecule has 0 amide bonds. The van der Waals surface area contributed by atoms with Gasteiger partial charge in [0.1, 0.15) is 0 Å². The number of fused-ring (bicyclic) bond motifs is 5. The van der Waals surface area contributed by atoms with Gasteiger partial charge in [-0.2, -0.15) is 0 Å². The number of pyridine rings is 1. The van der Waals surface area contributed by atoms with E-state index in [-0.39, 0.29) is 0 Å². The van der Waals surface area contributed by atoms with E-state index in [4.69, 9.17) is 15.0 Å². The van der Waals surface area contributed by atoms with Crippen LogP contribution < -0.4 is 0 Å². The van der Waals surface area contributed by atoms with E-state index >= 15 is 0 Å². The Morgan fingerprint density at radius 2 is 0.733 bits per heavy atom. The average molecular weight is 764 g/mol. The Kier molecular flexibility index (Phi) is 8.83. The predicted molar refractivity (Wildman–Crippen MR) is 250 cm³/mol. The van der Waals surface area contributed by atoms with Gasteiger partial charge in [0.15, 0.2) is 5.82 Å². The van der Waals surface area contributed by atoms with Crippen molar-refractivity contribution in [3.8, 4) is 78.5 Å². The van der Waals surface area contributed by atoms with Crippen LogP contribution >= 0.6 is 0 Å². The summed E-state index contributed by atoms with van der Waals surface area (Å²) in [6, 6.07) is 79.2. The lowest BCUT2D eigenvalue weighted by Gasteiger charge is -2.15. The van der Waals surface area contributed by atoms with Gasteiger partial charge >= 0.3 is 0 Å². The first-order valence-corrected chi connectivity index (χ1v) is 20.3. The molecule has 2 aromatic heterocycles. The summed E-state index contributed by atoms with van der Waals surface area (Å²) in [5.41, 5.74) is 14.6. The van der Waals surface area contributed by atoms with Gasteiger partial charge in [0.05, 0.1) is 22.6 Å². The summed E-state index contributed by atoms with van der Waals surface area (Å²) in [5.74, 6) is 0.655. The average Bonchev–Trinajstić information content (AvgIpc) is 3.34. The number of aromatic nitrogens is 3. The minimum atomic E-state index is 0.655. The molecule has 0 aliphatic carbocycles. The molecule has 2 heterocycles. The van der Waals surface area contributed by atoms with E-state index in [9.17, 15) is 0 Å². The minimum absolute atomic E-state index is 0.655. The van der Waals surface area contributed by atoms with Gasteiger partial charge in [-0.3, -0.25) is 0 Å². The van der Waals surface area contributed by atoms with Gasteiger partial charge in [-0.05, 0) is 80.6 Å². The van der Waals surface area contributed by atoms with Crippen molar-refractivity contribution in [3.63, 3.8) is 0 Å². The van der Waals surface area contributed by atoms with E-state index in [0.29, 0.717) is 5.82 Å². The van der Waals surface area contributed by atoms with Crippen LogP contribution in [0.2, 0.25) is 0 Å². The van der Waals surface area contributed by atoms with Gasteiger partial charge in [-0.15, -0.1) is 0 Å². The molecule has 0 unspecified atom stereocenters. The van der Waals surface area contributed by atoms with Crippen LogP contribution in [0.4, 0.5) is 0 Å². The topological polar surface area (TPSA) is 38.7 Å². The summed E-state index contributed by atoms with van der Waals surface area (Å²) in [6.45, 7) is 0. The maximum atomic E-state index is 5.42. The molecule has 0 saturated heterocycles. The molecule has 60 heavy (non-hydrogen) atoms. The van der Waals surface area contributed by atoms with E-state index in [1.165, 1.54) is 27.3 Å². The van der Waals surface area contributed by atoms with Crippen LogP contribution in [0.25, 0.3) is 111 Å². The Morgan fingerprint density at radius 3 is 1.35 bits per heavy atom. The zero-order chi connectivity index (χ0) is 39.8. The van der Waals surface area contributed by atoms with Crippen molar-refractivity contribution >= 4 is 32.4 Å². The summed E-state index contributed by atoms with van der Waals surface area (Å²) in [6.07, 6.45) is 0. The minimum Gasteiger partial charge on any atom is -0.247 e. The predicted octanol–water partition coefficient (Wildman–Crippen LogP) is 15.0. The molecule has 3 nitrogen and oxygen atoms in total. The zero-order valence-corrected chi connectivity index (χ0v) is 32.7. The fourth-order valence-electron chi connectivity index (χ4n) is 8.46. The fraction of sp³-hybridized carbons (Fsp3) is 0. The molecule has 0 aliphatic rings. The van der Waals surface area contributed by atoms with Crippen molar-refractivity contribution in [2.45, 2.75) is 0 Å². The highest BCUT2D eigenvalue weighted by Gasteiger charge is 2.17. The third-order valence-electron chi connectivity index (χ3n) is 11.4. The molecule has 0 aliphatic heterocycles. The third kappa shape index (κ3) is 6.58. The molecular weight excluding hydrogens is 727 g/mol. The maximum absolute atomic E-state index is 5.42. The van der Waals surface area contributed by atoms with E-state index < -0.39 is 0 Å². The Labute approximate surface area is 349 Å². The second kappa shape index (κ2) is 15.1. The van der Waals surface area contributed by atoms with Gasteiger partial charge in [0.2, 0.25) is 0 Å². The molecule has 11 aromatic rings. The van der Waals surface area contributed by atoms with Crippen molar-refractivity contribution in [3.05, 3.63) is 224 Å². The van der Waals surface area contributed by atoms with Gasteiger partial charge in [-0.25, -0.2) is 15.0 Å². The Balaban J connectivity index is 1.09. The van der Waals surface area contributed by atoms with Crippen LogP contribution in [0.3, 0.4) is 0 Å². The smallest absolute Gasteiger partial charge is 0.160 e. The van der Waals surface area contributed by atoms with Crippen LogP contribution in [0.1, 0.15) is 0 Å². The molecule has 0 N–H and O–H groups in total. The molecule has 0 radical (unpaired) electrons. The molecule has 0 spiro atoms. The molecule has 3 heteroatoms. The number of hydrogen-bond donors (Lipinski definition) is 0. The largest absolute Gasteiger partial charge is 0.247 e. The Bertz CT molecular complexity index is 3260. The first-order valence-electron chi connectivity index (χ1n) is 20.3. The third-order valence-corrected chi connectivity index (χ3v) is 11.4. The van der Waals surface area contributed by atoms with Crippen molar-refractivity contribution in [2.24, 2.45) is 0 Å². The Hall–Kier alpha value is -8.01. The summed E-state index contributed by atoms with van der Waals surface area (Å²) >= 11 is 0. The van der Waals surface area contributed by atoms with Crippen LogP contribution in [0.5, 0.6) is 0 Å².